The molecule has 0 aliphatic carbocycles. The Balaban J connectivity index is 1.77. The number of nitrogens with two attached hydrogens (primary N) is 1. The zero-order valence-corrected chi connectivity index (χ0v) is 10.7. The summed E-state index contributed by atoms with van der Waals surface area (Å²) in [6.45, 7) is 2.26. The number of hydrogen-bond acceptors (Lipinski definition) is 3. The Morgan fingerprint density at radius 3 is 3.06 bits per heavy atom. The van der Waals surface area contributed by atoms with Crippen LogP contribution in [0.5, 0.6) is 0 Å². The standard InChI is InChI=1S/C13H19FN2S/c14-12-8-11(15)3-4-13(12)17-7-5-10-2-1-6-16-9-10/h3-4,8,10,16H,1-2,5-7,9,15H2. The molecule has 1 atom stereocenters. The number of anilines is 1. The lowest BCUT2D eigenvalue weighted by molar-refractivity contribution is 0.371. The summed E-state index contributed by atoms with van der Waals surface area (Å²) in [5, 5.41) is 3.40. The largest absolute Gasteiger partial charge is 0.399 e. The number of nitrogen functional groups attached to an aromatic ring is 1. The van der Waals surface area contributed by atoms with E-state index in [-0.39, 0.29) is 5.82 Å². The minimum atomic E-state index is -0.197. The van der Waals surface area contributed by atoms with Crippen molar-refractivity contribution in [3.63, 3.8) is 0 Å². The van der Waals surface area contributed by atoms with E-state index in [9.17, 15) is 4.39 Å². The molecule has 1 aromatic carbocycles. The number of rotatable bonds is 4. The zero-order valence-electron chi connectivity index (χ0n) is 9.92. The van der Waals surface area contributed by atoms with Gasteiger partial charge in [0.25, 0.3) is 0 Å². The van der Waals surface area contributed by atoms with E-state index in [2.05, 4.69) is 5.32 Å². The number of hydrogen-bond donors (Lipinski definition) is 2. The minimum Gasteiger partial charge on any atom is -0.399 e. The highest BCUT2D eigenvalue weighted by Gasteiger charge is 2.13. The molecule has 0 saturated carbocycles. The summed E-state index contributed by atoms with van der Waals surface area (Å²) in [4.78, 5) is 0.711. The van der Waals surface area contributed by atoms with Crippen molar-refractivity contribution >= 4 is 17.4 Å². The smallest absolute Gasteiger partial charge is 0.138 e. The fourth-order valence-corrected chi connectivity index (χ4v) is 3.17. The Morgan fingerprint density at radius 2 is 2.35 bits per heavy atom. The summed E-state index contributed by atoms with van der Waals surface area (Å²) in [6, 6.07) is 4.92. The summed E-state index contributed by atoms with van der Waals surface area (Å²) in [5.74, 6) is 1.54. The van der Waals surface area contributed by atoms with Crippen molar-refractivity contribution in [2.75, 3.05) is 24.6 Å². The molecule has 94 valence electrons. The van der Waals surface area contributed by atoms with Crippen molar-refractivity contribution in [3.05, 3.63) is 24.0 Å². The number of thioether (sulfide) groups is 1. The maximum absolute atomic E-state index is 13.5. The third-order valence-electron chi connectivity index (χ3n) is 3.14. The lowest BCUT2D eigenvalue weighted by Crippen LogP contribution is -2.29. The van der Waals surface area contributed by atoms with Gasteiger partial charge in [0.1, 0.15) is 5.82 Å². The van der Waals surface area contributed by atoms with E-state index in [1.165, 1.54) is 18.9 Å². The van der Waals surface area contributed by atoms with Gasteiger partial charge in [-0.2, -0.15) is 0 Å². The molecule has 1 heterocycles. The van der Waals surface area contributed by atoms with Crippen LogP contribution in [0.15, 0.2) is 23.1 Å². The number of nitrogens with one attached hydrogen (secondary N) is 1. The van der Waals surface area contributed by atoms with Crippen molar-refractivity contribution < 1.29 is 4.39 Å². The Bertz CT molecular complexity index is 364. The molecule has 1 aliphatic rings. The van der Waals surface area contributed by atoms with Crippen LogP contribution in [0.3, 0.4) is 0 Å². The predicted octanol–water partition coefficient (Wildman–Crippen LogP) is 2.89. The molecule has 1 unspecified atom stereocenters. The van der Waals surface area contributed by atoms with Crippen LogP contribution in [0.1, 0.15) is 19.3 Å². The summed E-state index contributed by atoms with van der Waals surface area (Å²) in [6.07, 6.45) is 3.73. The first-order valence-corrected chi connectivity index (χ1v) is 7.13. The van der Waals surface area contributed by atoms with Gasteiger partial charge in [-0.1, -0.05) is 0 Å². The Kier molecular flexibility index (Phi) is 4.68. The molecule has 2 rings (SSSR count). The van der Waals surface area contributed by atoms with Gasteiger partial charge in [0.05, 0.1) is 0 Å². The minimum absolute atomic E-state index is 0.197. The molecule has 1 fully saturated rings. The highest BCUT2D eigenvalue weighted by atomic mass is 32.2. The molecule has 1 aromatic rings. The van der Waals surface area contributed by atoms with E-state index < -0.39 is 0 Å². The fraction of sp³-hybridized carbons (Fsp3) is 0.538. The average molecular weight is 254 g/mol. The second-order valence-corrected chi connectivity index (χ2v) is 5.68. The van der Waals surface area contributed by atoms with Gasteiger partial charge in [0.15, 0.2) is 0 Å². The maximum Gasteiger partial charge on any atom is 0.138 e. The molecule has 0 aromatic heterocycles. The van der Waals surface area contributed by atoms with Crippen LogP contribution in [0.25, 0.3) is 0 Å². The number of piperidine rings is 1. The van der Waals surface area contributed by atoms with Crippen LogP contribution >= 0.6 is 11.8 Å². The zero-order chi connectivity index (χ0) is 12.1. The lowest BCUT2D eigenvalue weighted by atomic mass is 9.97. The van der Waals surface area contributed by atoms with Gasteiger partial charge >= 0.3 is 0 Å². The molecule has 1 aliphatic heterocycles. The Morgan fingerprint density at radius 1 is 1.47 bits per heavy atom. The van der Waals surface area contributed by atoms with Gasteiger partial charge in [-0.3, -0.25) is 0 Å². The second kappa shape index (κ2) is 6.26. The topological polar surface area (TPSA) is 38.0 Å². The first-order valence-electron chi connectivity index (χ1n) is 6.14. The summed E-state index contributed by atoms with van der Waals surface area (Å²) < 4.78 is 13.5. The van der Waals surface area contributed by atoms with Gasteiger partial charge in [0, 0.05) is 10.6 Å². The molecule has 0 amide bonds. The average Bonchev–Trinajstić information content (AvgIpc) is 2.33. The molecule has 2 nitrogen and oxygen atoms in total. The van der Waals surface area contributed by atoms with Crippen LogP contribution in [0.2, 0.25) is 0 Å². The van der Waals surface area contributed by atoms with Gasteiger partial charge in [-0.15, -0.1) is 11.8 Å². The lowest BCUT2D eigenvalue weighted by Gasteiger charge is -2.22. The molecule has 0 bridgehead atoms. The van der Waals surface area contributed by atoms with Crippen molar-refractivity contribution in [2.24, 2.45) is 5.92 Å². The van der Waals surface area contributed by atoms with Crippen molar-refractivity contribution in [1.29, 1.82) is 0 Å². The van der Waals surface area contributed by atoms with Crippen LogP contribution in [-0.2, 0) is 0 Å². The molecule has 4 heteroatoms. The van der Waals surface area contributed by atoms with Crippen LogP contribution < -0.4 is 11.1 Å². The normalized spacial score (nSPS) is 20.4. The van der Waals surface area contributed by atoms with E-state index in [1.807, 2.05) is 0 Å². The SMILES string of the molecule is Nc1ccc(SCCC2CCCNC2)c(F)c1. The van der Waals surface area contributed by atoms with E-state index in [4.69, 9.17) is 5.73 Å². The monoisotopic (exact) mass is 254 g/mol. The fourth-order valence-electron chi connectivity index (χ4n) is 2.14. The maximum atomic E-state index is 13.5. The summed E-state index contributed by atoms with van der Waals surface area (Å²) in [7, 11) is 0. The van der Waals surface area contributed by atoms with E-state index in [1.54, 1.807) is 23.9 Å². The molecule has 1 saturated heterocycles. The molecular formula is C13H19FN2S. The van der Waals surface area contributed by atoms with Crippen LogP contribution in [-0.4, -0.2) is 18.8 Å². The summed E-state index contributed by atoms with van der Waals surface area (Å²) >= 11 is 1.59. The van der Waals surface area contributed by atoms with Crippen LogP contribution in [0.4, 0.5) is 10.1 Å². The van der Waals surface area contributed by atoms with Crippen molar-refractivity contribution in [2.45, 2.75) is 24.2 Å². The Hall–Kier alpha value is -0.740. The van der Waals surface area contributed by atoms with Gasteiger partial charge in [-0.25, -0.2) is 4.39 Å². The van der Waals surface area contributed by atoms with Crippen LogP contribution in [0, 0.1) is 11.7 Å². The second-order valence-electron chi connectivity index (χ2n) is 4.54. The first-order chi connectivity index (χ1) is 8.25. The summed E-state index contributed by atoms with van der Waals surface area (Å²) in [5.41, 5.74) is 6.00. The van der Waals surface area contributed by atoms with Crippen molar-refractivity contribution in [3.8, 4) is 0 Å². The third kappa shape index (κ3) is 3.89. The molecule has 0 spiro atoms. The first kappa shape index (κ1) is 12.7. The van der Waals surface area contributed by atoms with Crippen molar-refractivity contribution in [1.82, 2.24) is 5.32 Å². The highest BCUT2D eigenvalue weighted by Crippen LogP contribution is 2.26. The van der Waals surface area contributed by atoms with E-state index in [0.29, 0.717) is 10.6 Å². The predicted molar refractivity (Wildman–Crippen MR) is 71.7 cm³/mol. The van der Waals surface area contributed by atoms with Gasteiger partial charge in [0.2, 0.25) is 0 Å². The molecular weight excluding hydrogens is 235 g/mol. The van der Waals surface area contributed by atoms with E-state index in [0.717, 1.165) is 31.2 Å². The Labute approximate surface area is 106 Å². The number of halogens is 1. The number of benzene rings is 1. The van der Waals surface area contributed by atoms with E-state index >= 15 is 0 Å². The third-order valence-corrected chi connectivity index (χ3v) is 4.22. The van der Waals surface area contributed by atoms with Gasteiger partial charge in [-0.05, 0) is 62.2 Å². The molecule has 17 heavy (non-hydrogen) atoms. The van der Waals surface area contributed by atoms with Gasteiger partial charge < -0.3 is 11.1 Å². The molecule has 0 radical (unpaired) electrons. The quantitative estimate of drug-likeness (QED) is 0.641. The molecule has 3 N–H and O–H groups in total. The highest BCUT2D eigenvalue weighted by molar-refractivity contribution is 7.99.